The van der Waals surface area contributed by atoms with Gasteiger partial charge in [0.15, 0.2) is 0 Å². The highest BCUT2D eigenvalue weighted by molar-refractivity contribution is 5.95. The first-order chi connectivity index (χ1) is 12.8. The third-order valence-electron chi connectivity index (χ3n) is 4.70. The lowest BCUT2D eigenvalue weighted by Gasteiger charge is -2.39. The molecule has 0 bridgehead atoms. The van der Waals surface area contributed by atoms with Crippen molar-refractivity contribution < 1.29 is 13.6 Å². The molecule has 1 aliphatic rings. The average Bonchev–Trinajstić information content (AvgIpc) is 2.58. The summed E-state index contributed by atoms with van der Waals surface area (Å²) >= 11 is 0. The first kappa shape index (κ1) is 19.2. The summed E-state index contributed by atoms with van der Waals surface area (Å²) in [5.41, 5.74) is 1.55. The van der Waals surface area contributed by atoms with E-state index in [0.717, 1.165) is 0 Å². The van der Waals surface area contributed by atoms with Gasteiger partial charge in [-0.1, -0.05) is 0 Å². The Bertz CT molecular complexity index is 891. The lowest BCUT2D eigenvalue weighted by molar-refractivity contribution is -0.121. The third kappa shape index (κ3) is 4.40. The summed E-state index contributed by atoms with van der Waals surface area (Å²) in [6.07, 6.45) is 1.44. The molecule has 1 aliphatic heterocycles. The van der Waals surface area contributed by atoms with Crippen molar-refractivity contribution in [2.24, 2.45) is 5.92 Å². The number of likely N-dealkylation sites (N-methyl/N-ethyl adjacent to an activating group) is 1. The number of fused-ring (bicyclic) bond motifs is 1. The van der Waals surface area contributed by atoms with Gasteiger partial charge >= 0.3 is 0 Å². The molecule has 1 aromatic heterocycles. The number of Topliss-reactive ketones (excluding diaryl/α,β-unsaturated/α-hetero) is 1. The number of hydrogen-bond donors (Lipinski definition) is 0. The summed E-state index contributed by atoms with van der Waals surface area (Å²) in [5.74, 6) is -3.32. The summed E-state index contributed by atoms with van der Waals surface area (Å²) < 4.78 is 28.8. The minimum atomic E-state index is -2.87. The fourth-order valence-corrected chi connectivity index (χ4v) is 3.79. The van der Waals surface area contributed by atoms with Crippen LogP contribution in [0.3, 0.4) is 0 Å². The van der Waals surface area contributed by atoms with Gasteiger partial charge in [0, 0.05) is 36.7 Å². The number of carbonyl (C=O) groups excluding carboxylic acids is 1. The molecule has 0 N–H and O–H groups in total. The van der Waals surface area contributed by atoms with Crippen LogP contribution < -0.4 is 4.90 Å². The minimum absolute atomic E-state index is 0.0333. The zero-order chi connectivity index (χ0) is 19.6. The summed E-state index contributed by atoms with van der Waals surface area (Å²) in [6, 6.07) is 8.92. The van der Waals surface area contributed by atoms with Crippen LogP contribution in [0, 0.1) is 17.2 Å². The van der Waals surface area contributed by atoms with Gasteiger partial charge in [0.2, 0.25) is 0 Å². The minimum Gasteiger partial charge on any atom is -0.365 e. The molecule has 0 radical (unpaired) electrons. The second kappa shape index (κ2) is 7.57. The van der Waals surface area contributed by atoms with Gasteiger partial charge in [0.1, 0.15) is 11.9 Å². The van der Waals surface area contributed by atoms with Crippen molar-refractivity contribution in [2.75, 3.05) is 38.6 Å². The first-order valence-corrected chi connectivity index (χ1v) is 8.86. The van der Waals surface area contributed by atoms with Crippen molar-refractivity contribution >= 4 is 22.4 Å². The molecule has 0 amide bonds. The standard InChI is InChI=1S/C20H22F2N4O/c1-25(2)12-16(27)8-14-9-20(21,22)13-26(11-14)18-6-5-15(10-23)19-17(18)4-3-7-24-19/h3-7,14H,8-9,11-13H2,1-2H3/t14-/m0/s1. The van der Waals surface area contributed by atoms with E-state index in [2.05, 4.69) is 11.1 Å². The molecule has 0 spiro atoms. The molecule has 2 heterocycles. The molecule has 0 unspecified atom stereocenters. The molecule has 3 rings (SSSR count). The molecule has 142 valence electrons. The van der Waals surface area contributed by atoms with E-state index in [1.165, 1.54) is 0 Å². The normalized spacial score (nSPS) is 19.3. The Kier molecular flexibility index (Phi) is 5.38. The maximum absolute atomic E-state index is 14.4. The molecule has 1 fully saturated rings. The van der Waals surface area contributed by atoms with E-state index >= 15 is 0 Å². The molecule has 7 heteroatoms. The number of aromatic nitrogens is 1. The van der Waals surface area contributed by atoms with E-state index in [-0.39, 0.29) is 25.2 Å². The average molecular weight is 372 g/mol. The van der Waals surface area contributed by atoms with Crippen molar-refractivity contribution in [3.8, 4) is 6.07 Å². The fraction of sp³-hybridized carbons (Fsp3) is 0.450. The number of ketones is 1. The number of pyridine rings is 1. The van der Waals surface area contributed by atoms with Crippen LogP contribution >= 0.6 is 0 Å². The van der Waals surface area contributed by atoms with Crippen molar-refractivity contribution in [1.29, 1.82) is 5.26 Å². The highest BCUT2D eigenvalue weighted by Gasteiger charge is 2.41. The van der Waals surface area contributed by atoms with Gasteiger partial charge in [0.05, 0.1) is 24.2 Å². The first-order valence-electron chi connectivity index (χ1n) is 8.86. The Morgan fingerprint density at radius 3 is 2.89 bits per heavy atom. The van der Waals surface area contributed by atoms with Crippen LogP contribution in [0.1, 0.15) is 18.4 Å². The number of benzene rings is 1. The van der Waals surface area contributed by atoms with E-state index in [0.29, 0.717) is 28.7 Å². The zero-order valence-corrected chi connectivity index (χ0v) is 15.5. The maximum atomic E-state index is 14.4. The lowest BCUT2D eigenvalue weighted by Crippen LogP contribution is -2.48. The molecule has 5 nitrogen and oxygen atoms in total. The van der Waals surface area contributed by atoms with E-state index in [1.54, 1.807) is 54.4 Å². The Morgan fingerprint density at radius 2 is 2.19 bits per heavy atom. The van der Waals surface area contributed by atoms with Crippen LogP contribution in [-0.4, -0.2) is 55.3 Å². The van der Waals surface area contributed by atoms with E-state index < -0.39 is 18.4 Å². The number of nitriles is 1. The van der Waals surface area contributed by atoms with Crippen LogP contribution in [-0.2, 0) is 4.79 Å². The van der Waals surface area contributed by atoms with Gasteiger partial charge in [-0.3, -0.25) is 9.78 Å². The maximum Gasteiger partial charge on any atom is 0.265 e. The Morgan fingerprint density at radius 1 is 1.41 bits per heavy atom. The lowest BCUT2D eigenvalue weighted by atomic mass is 9.90. The van der Waals surface area contributed by atoms with Gasteiger partial charge in [-0.25, -0.2) is 8.78 Å². The number of piperidine rings is 1. The van der Waals surface area contributed by atoms with Crippen LogP contribution in [0.4, 0.5) is 14.5 Å². The van der Waals surface area contributed by atoms with Crippen molar-refractivity contribution in [1.82, 2.24) is 9.88 Å². The van der Waals surface area contributed by atoms with Gasteiger partial charge in [0.25, 0.3) is 5.92 Å². The summed E-state index contributed by atoms with van der Waals surface area (Å²) in [4.78, 5) is 19.7. The quantitative estimate of drug-likeness (QED) is 0.807. The highest BCUT2D eigenvalue weighted by atomic mass is 19.3. The molecule has 1 atom stereocenters. The molecular formula is C20H22F2N4O. The number of carbonyl (C=O) groups is 1. The summed E-state index contributed by atoms with van der Waals surface area (Å²) in [6.45, 7) is 0.234. The number of alkyl halides is 2. The molecule has 1 saturated heterocycles. The highest BCUT2D eigenvalue weighted by Crippen LogP contribution is 2.37. The Balaban J connectivity index is 1.91. The van der Waals surface area contributed by atoms with Gasteiger partial charge in [-0.05, 0) is 44.3 Å². The number of nitrogens with zero attached hydrogens (tertiary/aromatic N) is 4. The van der Waals surface area contributed by atoms with E-state index in [9.17, 15) is 18.8 Å². The smallest absolute Gasteiger partial charge is 0.265 e. The van der Waals surface area contributed by atoms with Crippen LogP contribution in [0.25, 0.3) is 10.9 Å². The molecular weight excluding hydrogens is 350 g/mol. The SMILES string of the molecule is CN(C)CC(=O)C[C@@H]1CN(c2ccc(C#N)c3ncccc23)CC(F)(F)C1. The van der Waals surface area contributed by atoms with Crippen LogP contribution in [0.5, 0.6) is 0 Å². The Labute approximate surface area is 157 Å². The topological polar surface area (TPSA) is 60.2 Å². The molecule has 0 saturated carbocycles. The van der Waals surface area contributed by atoms with Gasteiger partial charge in [-0.15, -0.1) is 0 Å². The zero-order valence-electron chi connectivity index (χ0n) is 15.5. The van der Waals surface area contributed by atoms with E-state index in [4.69, 9.17) is 0 Å². The van der Waals surface area contributed by atoms with Crippen LogP contribution in [0.15, 0.2) is 30.5 Å². The second-order valence-corrected chi connectivity index (χ2v) is 7.43. The van der Waals surface area contributed by atoms with Gasteiger partial charge in [-0.2, -0.15) is 5.26 Å². The number of anilines is 1. The number of hydrogen-bond acceptors (Lipinski definition) is 5. The molecule has 2 aromatic rings. The predicted molar refractivity (Wildman–Crippen MR) is 99.9 cm³/mol. The van der Waals surface area contributed by atoms with Crippen molar-refractivity contribution in [3.63, 3.8) is 0 Å². The number of halogens is 2. The molecule has 0 aliphatic carbocycles. The molecule has 1 aromatic carbocycles. The van der Waals surface area contributed by atoms with Crippen molar-refractivity contribution in [2.45, 2.75) is 18.8 Å². The number of rotatable bonds is 5. The van der Waals surface area contributed by atoms with E-state index in [1.807, 2.05) is 0 Å². The second-order valence-electron chi connectivity index (χ2n) is 7.43. The molecule has 27 heavy (non-hydrogen) atoms. The predicted octanol–water partition coefficient (Wildman–Crippen LogP) is 3.09. The fourth-order valence-electron chi connectivity index (χ4n) is 3.79. The Hall–Kier alpha value is -2.59. The summed E-state index contributed by atoms with van der Waals surface area (Å²) in [7, 11) is 3.57. The van der Waals surface area contributed by atoms with Gasteiger partial charge < -0.3 is 9.80 Å². The third-order valence-corrected chi connectivity index (χ3v) is 4.70. The summed E-state index contributed by atoms with van der Waals surface area (Å²) in [5, 5.41) is 9.94. The van der Waals surface area contributed by atoms with Crippen LogP contribution in [0.2, 0.25) is 0 Å². The van der Waals surface area contributed by atoms with Crippen molar-refractivity contribution in [3.05, 3.63) is 36.0 Å². The monoisotopic (exact) mass is 372 g/mol. The largest absolute Gasteiger partial charge is 0.365 e.